The van der Waals surface area contributed by atoms with Gasteiger partial charge in [-0.3, -0.25) is 24.0 Å². The van der Waals surface area contributed by atoms with Crippen molar-refractivity contribution in [1.82, 2.24) is 26.2 Å². The number of halogens is 3. The van der Waals surface area contributed by atoms with E-state index in [0.29, 0.717) is 32.1 Å². The number of hydrogen-bond donors (Lipinski definition) is 4. The van der Waals surface area contributed by atoms with E-state index in [-0.39, 0.29) is 42.7 Å². The molecule has 1 aromatic rings. The number of fused-ring (bicyclic) bond motifs is 1. The molecule has 1 aliphatic heterocycles. The average molecular weight is 748 g/mol. The molecule has 11 nitrogen and oxygen atoms in total. The Bertz CT molecular complexity index is 1520. The zero-order valence-corrected chi connectivity index (χ0v) is 31.8. The van der Waals surface area contributed by atoms with Crippen LogP contribution in [0.5, 0.6) is 0 Å². The molecule has 4 N–H and O–H groups in total. The van der Waals surface area contributed by atoms with Crippen LogP contribution >= 0.6 is 0 Å². The van der Waals surface area contributed by atoms with Gasteiger partial charge in [0.05, 0.1) is 6.04 Å². The van der Waals surface area contributed by atoms with Crippen molar-refractivity contribution in [2.45, 2.75) is 130 Å². The molecule has 53 heavy (non-hydrogen) atoms. The van der Waals surface area contributed by atoms with Gasteiger partial charge in [-0.1, -0.05) is 71.9 Å². The number of alkyl halides is 3. The molecule has 3 rings (SSSR count). The van der Waals surface area contributed by atoms with Crippen LogP contribution in [0.15, 0.2) is 36.9 Å². The number of carbonyl (C=O) groups is 6. The maximum absolute atomic E-state index is 14.2. The Morgan fingerprint density at radius 2 is 1.64 bits per heavy atom. The molecule has 0 bridgehead atoms. The Morgan fingerprint density at radius 3 is 2.26 bits per heavy atom. The summed E-state index contributed by atoms with van der Waals surface area (Å²) in [5.41, 5.74) is 0.557. The van der Waals surface area contributed by atoms with Crippen molar-refractivity contribution in [2.24, 2.45) is 16.7 Å². The van der Waals surface area contributed by atoms with Crippen molar-refractivity contribution in [3.8, 4) is 0 Å². The van der Waals surface area contributed by atoms with E-state index in [1.54, 1.807) is 20.8 Å². The fourth-order valence-electron chi connectivity index (χ4n) is 6.92. The van der Waals surface area contributed by atoms with Crippen LogP contribution in [0.4, 0.5) is 18.0 Å². The van der Waals surface area contributed by atoms with E-state index in [1.807, 2.05) is 45.0 Å². The molecule has 3 unspecified atom stereocenters. The summed E-state index contributed by atoms with van der Waals surface area (Å²) in [6, 6.07) is 3.03. The number of benzene rings is 1. The first kappa shape index (κ1) is 43.2. The van der Waals surface area contributed by atoms with Crippen LogP contribution in [0.1, 0.15) is 109 Å². The summed E-state index contributed by atoms with van der Waals surface area (Å²) < 4.78 is 38.7. The van der Waals surface area contributed by atoms with Crippen LogP contribution in [0.3, 0.4) is 0 Å². The van der Waals surface area contributed by atoms with Gasteiger partial charge < -0.3 is 26.2 Å². The number of amides is 5. The van der Waals surface area contributed by atoms with Gasteiger partial charge in [-0.25, -0.2) is 4.79 Å². The number of nitrogens with one attached hydrogen (secondary N) is 4. The highest BCUT2D eigenvalue weighted by Gasteiger charge is 2.43. The highest BCUT2D eigenvalue weighted by Crippen LogP contribution is 2.33. The minimum Gasteiger partial charge on any atom is -0.346 e. The molecule has 1 heterocycles. The summed E-state index contributed by atoms with van der Waals surface area (Å²) in [7, 11) is 0. The predicted octanol–water partition coefficient (Wildman–Crippen LogP) is 5.42. The zero-order chi connectivity index (χ0) is 39.7. The molecule has 0 radical (unpaired) electrons. The Labute approximate surface area is 310 Å². The fourth-order valence-corrected chi connectivity index (χ4v) is 6.92. The van der Waals surface area contributed by atoms with E-state index in [2.05, 4.69) is 27.8 Å². The van der Waals surface area contributed by atoms with Gasteiger partial charge in [0.15, 0.2) is 5.78 Å². The third kappa shape index (κ3) is 12.7. The molecule has 294 valence electrons. The van der Waals surface area contributed by atoms with E-state index < -0.39 is 78.5 Å². The Kier molecular flexibility index (Phi) is 14.8. The van der Waals surface area contributed by atoms with E-state index in [9.17, 15) is 41.9 Å². The number of rotatable bonds is 14. The molecule has 0 aromatic heterocycles. The number of likely N-dealkylation sites (tertiary alicyclic amines) is 1. The SMILES string of the molecule is C=CCNC(=O)C(=O)C(CCCC(F)(F)F)NC(=O)[C@@H]1CCCN1C(=O)[C@@H](NC(=O)NC(CC1CCC(=O)c2ccccc2C1)C(C)(C)C)C(C)(C)C. The molecule has 0 spiro atoms. The smallest absolute Gasteiger partial charge is 0.346 e. The molecule has 1 saturated heterocycles. The molecule has 14 heteroatoms. The van der Waals surface area contributed by atoms with Crippen molar-refractivity contribution in [3.05, 3.63) is 48.0 Å². The lowest BCUT2D eigenvalue weighted by atomic mass is 9.79. The Balaban J connectivity index is 1.75. The third-order valence-electron chi connectivity index (χ3n) is 9.97. The summed E-state index contributed by atoms with van der Waals surface area (Å²) >= 11 is 0. The summed E-state index contributed by atoms with van der Waals surface area (Å²) in [4.78, 5) is 80.8. The first-order valence-corrected chi connectivity index (χ1v) is 18.4. The van der Waals surface area contributed by atoms with Crippen LogP contribution in [0.2, 0.25) is 0 Å². The monoisotopic (exact) mass is 747 g/mol. The predicted molar refractivity (Wildman–Crippen MR) is 195 cm³/mol. The normalized spacial score (nSPS) is 19.6. The van der Waals surface area contributed by atoms with Gasteiger partial charge in [-0.15, -0.1) is 6.58 Å². The summed E-state index contributed by atoms with van der Waals surface area (Å²) in [5, 5.41) is 10.7. The second-order valence-electron chi connectivity index (χ2n) is 16.4. The summed E-state index contributed by atoms with van der Waals surface area (Å²) in [6.45, 7) is 14.9. The van der Waals surface area contributed by atoms with E-state index >= 15 is 0 Å². The first-order chi connectivity index (χ1) is 24.6. The fraction of sp³-hybridized carbons (Fsp3) is 0.641. The summed E-state index contributed by atoms with van der Waals surface area (Å²) in [6.07, 6.45) is -2.26. The lowest BCUT2D eigenvalue weighted by molar-refractivity contribution is -0.144. The summed E-state index contributed by atoms with van der Waals surface area (Å²) in [5.74, 6) is -3.23. The number of ketones is 2. The second kappa shape index (κ2) is 18.2. The minimum atomic E-state index is -4.49. The van der Waals surface area contributed by atoms with Gasteiger partial charge in [0.2, 0.25) is 17.6 Å². The molecule has 1 fully saturated rings. The molecular formula is C39H56F3N5O6. The van der Waals surface area contributed by atoms with Gasteiger partial charge >= 0.3 is 12.2 Å². The molecule has 0 saturated carbocycles. The molecular weight excluding hydrogens is 691 g/mol. The van der Waals surface area contributed by atoms with Gasteiger partial charge in [-0.05, 0) is 67.3 Å². The maximum Gasteiger partial charge on any atom is 0.389 e. The standard InChI is InChI=1S/C39H56F3N5O6/c1-8-20-43-34(51)31(49)27(15-11-19-39(40,41)42)44-33(50)28-16-12-21-47(28)35(52)32(38(5,6)7)46-36(53)45-30(37(2,3)4)23-24-17-18-29(48)26-14-10-9-13-25(26)22-24/h8-10,13-14,24,27-28,30,32H,1,11-12,15-23H2,2-7H3,(H,43,51)(H,44,50)(H2,45,46,53)/t24?,27?,28-,30?,32+/m0/s1. The van der Waals surface area contributed by atoms with Crippen molar-refractivity contribution in [1.29, 1.82) is 0 Å². The van der Waals surface area contributed by atoms with Gasteiger partial charge in [-0.2, -0.15) is 13.2 Å². The zero-order valence-electron chi connectivity index (χ0n) is 31.8. The van der Waals surface area contributed by atoms with E-state index in [0.717, 1.165) is 11.1 Å². The average Bonchev–Trinajstić information content (AvgIpc) is 3.50. The largest absolute Gasteiger partial charge is 0.389 e. The molecule has 2 aliphatic rings. The van der Waals surface area contributed by atoms with Crippen LogP contribution < -0.4 is 21.3 Å². The second-order valence-corrected chi connectivity index (χ2v) is 16.4. The number of nitrogens with zero attached hydrogens (tertiary/aromatic N) is 1. The van der Waals surface area contributed by atoms with Crippen LogP contribution in [-0.2, 0) is 25.6 Å². The number of urea groups is 1. The minimum absolute atomic E-state index is 0.0555. The Morgan fingerprint density at radius 1 is 0.962 bits per heavy atom. The van der Waals surface area contributed by atoms with Gasteiger partial charge in [0.25, 0.3) is 5.91 Å². The van der Waals surface area contributed by atoms with E-state index in [1.165, 1.54) is 11.0 Å². The first-order valence-electron chi connectivity index (χ1n) is 18.4. The molecule has 1 aromatic carbocycles. The van der Waals surface area contributed by atoms with Gasteiger partial charge in [0, 0.05) is 37.5 Å². The maximum atomic E-state index is 14.2. The van der Waals surface area contributed by atoms with Crippen molar-refractivity contribution < 1.29 is 41.9 Å². The highest BCUT2D eigenvalue weighted by atomic mass is 19.4. The number of hydrogen-bond acceptors (Lipinski definition) is 6. The van der Waals surface area contributed by atoms with Crippen LogP contribution in [-0.4, -0.2) is 83.7 Å². The van der Waals surface area contributed by atoms with Crippen LogP contribution in [0.25, 0.3) is 0 Å². The lowest BCUT2D eigenvalue weighted by Gasteiger charge is -2.38. The molecule has 5 atom stereocenters. The topological polar surface area (TPSA) is 154 Å². The number of carbonyl (C=O) groups excluding carboxylic acids is 6. The number of Topliss-reactive ketones (excluding diaryl/α,β-unsaturated/α-hetero) is 2. The van der Waals surface area contributed by atoms with Crippen LogP contribution in [0, 0.1) is 16.7 Å². The van der Waals surface area contributed by atoms with E-state index in [4.69, 9.17) is 0 Å². The highest BCUT2D eigenvalue weighted by molar-refractivity contribution is 6.38. The quantitative estimate of drug-likeness (QED) is 0.113. The van der Waals surface area contributed by atoms with Crippen molar-refractivity contribution in [2.75, 3.05) is 13.1 Å². The molecule has 5 amide bonds. The molecule has 1 aliphatic carbocycles. The van der Waals surface area contributed by atoms with Crippen molar-refractivity contribution in [3.63, 3.8) is 0 Å². The Hall–Kier alpha value is -4.23. The van der Waals surface area contributed by atoms with Gasteiger partial charge in [0.1, 0.15) is 12.1 Å². The lowest BCUT2D eigenvalue weighted by Crippen LogP contribution is -2.61. The third-order valence-corrected chi connectivity index (χ3v) is 9.97. The van der Waals surface area contributed by atoms with Crippen molar-refractivity contribution >= 4 is 35.3 Å².